The first-order valence-corrected chi connectivity index (χ1v) is 17.3. The number of rotatable bonds is 10. The topological polar surface area (TPSA) is 82.1 Å². The highest BCUT2D eigenvalue weighted by Crippen LogP contribution is 2.51. The number of hydrogen-bond acceptors (Lipinski definition) is 5. The van der Waals surface area contributed by atoms with Crippen LogP contribution < -0.4 is 5.32 Å². The number of carbonyl (C=O) groups excluding carboxylic acids is 2. The average molecular weight is 784 g/mol. The second-order valence-corrected chi connectivity index (χ2v) is 13.5. The fourth-order valence-corrected chi connectivity index (χ4v) is 7.64. The van der Waals surface area contributed by atoms with Crippen molar-refractivity contribution in [3.05, 3.63) is 140 Å². The van der Waals surface area contributed by atoms with Gasteiger partial charge in [0.25, 0.3) is 5.91 Å². The first-order valence-electron chi connectivity index (χ1n) is 16.2. The number of hydrogen-bond donors (Lipinski definition) is 2. The predicted octanol–water partition coefficient (Wildman–Crippen LogP) is 6.13. The lowest BCUT2D eigenvalue weighted by atomic mass is 9.63. The van der Waals surface area contributed by atoms with Crippen molar-refractivity contribution in [2.45, 2.75) is 37.2 Å². The van der Waals surface area contributed by atoms with Gasteiger partial charge < -0.3 is 20.1 Å². The molecule has 11 heteroatoms. The number of amides is 2. The van der Waals surface area contributed by atoms with E-state index in [1.807, 2.05) is 24.3 Å². The number of alkyl halides is 3. The summed E-state index contributed by atoms with van der Waals surface area (Å²) in [6.45, 7) is 3.03. The van der Waals surface area contributed by atoms with E-state index in [-0.39, 0.29) is 36.6 Å². The van der Waals surface area contributed by atoms with E-state index in [4.69, 9.17) is 4.74 Å². The highest BCUT2D eigenvalue weighted by atomic mass is 127. The molecule has 0 aromatic heterocycles. The Hall–Kier alpha value is -3.78. The van der Waals surface area contributed by atoms with E-state index >= 15 is 4.79 Å². The second kappa shape index (κ2) is 15.0. The maximum Gasteiger partial charge on any atom is 0.416 e. The van der Waals surface area contributed by atoms with Gasteiger partial charge in [0.1, 0.15) is 5.41 Å². The molecule has 2 atom stereocenters. The zero-order valence-electron chi connectivity index (χ0n) is 26.8. The van der Waals surface area contributed by atoms with Crippen LogP contribution in [0.4, 0.5) is 13.2 Å². The van der Waals surface area contributed by atoms with Gasteiger partial charge in [-0.1, -0.05) is 78.9 Å². The Bertz CT molecular complexity index is 1800. The molecule has 2 aliphatic rings. The number of halogens is 4. The Kier molecular flexibility index (Phi) is 10.7. The van der Waals surface area contributed by atoms with Crippen molar-refractivity contribution in [2.75, 3.05) is 39.4 Å². The summed E-state index contributed by atoms with van der Waals surface area (Å²) in [6, 6.07) is 25.8. The molecule has 1 fully saturated rings. The molecule has 6 rings (SSSR count). The predicted molar refractivity (Wildman–Crippen MR) is 188 cm³/mol. The molecule has 0 saturated carbocycles. The lowest BCUT2D eigenvalue weighted by molar-refractivity contribution is -0.139. The Morgan fingerprint density at radius 1 is 0.918 bits per heavy atom. The largest absolute Gasteiger partial charge is 0.416 e. The summed E-state index contributed by atoms with van der Waals surface area (Å²) in [4.78, 5) is 33.4. The van der Waals surface area contributed by atoms with Gasteiger partial charge in [-0.2, -0.15) is 13.2 Å². The van der Waals surface area contributed by atoms with Gasteiger partial charge >= 0.3 is 6.18 Å². The van der Waals surface area contributed by atoms with Gasteiger partial charge in [-0.3, -0.25) is 14.5 Å². The fraction of sp³-hybridized carbons (Fsp3) is 0.316. The number of carbonyl (C=O) groups is 2. The Labute approximate surface area is 297 Å². The van der Waals surface area contributed by atoms with Crippen LogP contribution in [0, 0.1) is 3.57 Å². The van der Waals surface area contributed by atoms with Crippen LogP contribution in [0.1, 0.15) is 49.8 Å². The number of nitrogens with zero attached hydrogens (tertiary/aromatic N) is 2. The summed E-state index contributed by atoms with van der Waals surface area (Å²) in [5.74, 6) is -0.797. The van der Waals surface area contributed by atoms with Gasteiger partial charge in [0.15, 0.2) is 0 Å². The van der Waals surface area contributed by atoms with Gasteiger partial charge in [0, 0.05) is 41.9 Å². The molecule has 2 aliphatic heterocycles. The highest BCUT2D eigenvalue weighted by molar-refractivity contribution is 14.1. The van der Waals surface area contributed by atoms with E-state index in [2.05, 4.69) is 32.8 Å². The van der Waals surface area contributed by atoms with Crippen LogP contribution >= 0.6 is 22.6 Å². The second-order valence-electron chi connectivity index (χ2n) is 12.4. The Morgan fingerprint density at radius 3 is 2.27 bits per heavy atom. The molecule has 2 N–H and O–H groups in total. The first kappa shape index (κ1) is 35.1. The third-order valence-corrected chi connectivity index (χ3v) is 10.5. The van der Waals surface area contributed by atoms with E-state index in [0.717, 1.165) is 28.3 Å². The number of aliphatic hydroxyl groups is 1. The summed E-state index contributed by atoms with van der Waals surface area (Å²) < 4.78 is 49.4. The molecule has 49 heavy (non-hydrogen) atoms. The molecule has 256 valence electrons. The fourth-order valence-electron chi connectivity index (χ4n) is 7.07. The average Bonchev–Trinajstić information content (AvgIpc) is 3.11. The normalized spacial score (nSPS) is 19.8. The zero-order valence-corrected chi connectivity index (χ0v) is 28.9. The first-order chi connectivity index (χ1) is 23.6. The molecular weight excluding hydrogens is 746 g/mol. The molecular formula is C38H37F3IN3O4. The molecule has 0 unspecified atom stereocenters. The Morgan fingerprint density at radius 2 is 1.57 bits per heavy atom. The molecule has 0 radical (unpaired) electrons. The summed E-state index contributed by atoms with van der Waals surface area (Å²) >= 11 is 2.23. The van der Waals surface area contributed by atoms with Crippen LogP contribution in [0.3, 0.4) is 0 Å². The third-order valence-electron chi connectivity index (χ3n) is 9.47. The highest BCUT2D eigenvalue weighted by Gasteiger charge is 2.56. The van der Waals surface area contributed by atoms with Crippen LogP contribution in [-0.2, 0) is 40.7 Å². The van der Waals surface area contributed by atoms with Crippen LogP contribution in [-0.4, -0.2) is 66.1 Å². The van der Waals surface area contributed by atoms with Gasteiger partial charge in [0.2, 0.25) is 5.91 Å². The van der Waals surface area contributed by atoms with E-state index < -0.39 is 29.1 Å². The van der Waals surface area contributed by atoms with E-state index in [1.165, 1.54) is 23.1 Å². The quantitative estimate of drug-likeness (QED) is 0.190. The number of nitrogens with one attached hydrogen (secondary N) is 1. The molecule has 2 heterocycles. The van der Waals surface area contributed by atoms with Gasteiger partial charge in [-0.25, -0.2) is 0 Å². The number of aliphatic hydroxyl groups excluding tert-OH is 1. The number of fused-ring (bicyclic) bond motifs is 1. The van der Waals surface area contributed by atoms with Crippen LogP contribution in [0.25, 0.3) is 0 Å². The number of benzene rings is 4. The van der Waals surface area contributed by atoms with Crippen LogP contribution in [0.15, 0.2) is 97.1 Å². The maximum atomic E-state index is 15.2. The van der Waals surface area contributed by atoms with Crippen molar-refractivity contribution in [2.24, 2.45) is 0 Å². The zero-order chi connectivity index (χ0) is 34.6. The molecule has 0 spiro atoms. The molecule has 4 aromatic rings. The summed E-state index contributed by atoms with van der Waals surface area (Å²) in [5, 5.41) is 13.0. The Balaban J connectivity index is 1.56. The van der Waals surface area contributed by atoms with E-state index in [0.29, 0.717) is 43.0 Å². The molecule has 2 amide bonds. The van der Waals surface area contributed by atoms with Crippen LogP contribution in [0.5, 0.6) is 0 Å². The van der Waals surface area contributed by atoms with Crippen molar-refractivity contribution >= 4 is 34.4 Å². The number of ether oxygens (including phenoxy) is 1. The lowest BCUT2D eigenvalue weighted by Gasteiger charge is -2.50. The molecule has 1 saturated heterocycles. The number of morpholine rings is 1. The van der Waals surface area contributed by atoms with Gasteiger partial charge in [0.05, 0.1) is 31.4 Å². The summed E-state index contributed by atoms with van der Waals surface area (Å²) in [6.07, 6.45) is -4.48. The standard InChI is InChI=1S/C38H37F3IN3O4/c39-38(40,41)31-10-4-1-8-29(31)24-45-34(27-15-13-26(25-46)14-16-27)37(23-28-7-2-6-12-33(28)42,32-11-5-3-9-30(32)35(45)47)36(48)43-17-18-44-19-21-49-22-20-44/h1-16,34,46H,17-25H2,(H,43,48)/t34-,37-/m0/s1. The van der Waals surface area contributed by atoms with Crippen LogP contribution in [0.2, 0.25) is 0 Å². The summed E-state index contributed by atoms with van der Waals surface area (Å²) in [7, 11) is 0. The molecule has 0 aliphatic carbocycles. The molecule has 4 aromatic carbocycles. The van der Waals surface area contributed by atoms with Crippen molar-refractivity contribution in [1.82, 2.24) is 15.1 Å². The minimum atomic E-state index is -4.65. The lowest BCUT2D eigenvalue weighted by Crippen LogP contribution is -2.60. The SMILES string of the molecule is O=C1c2ccccc2[C@](Cc2ccccc2I)(C(=O)NCCN2CCOCC2)[C@H](c2ccc(CO)cc2)N1Cc1ccccc1C(F)(F)F. The van der Waals surface area contributed by atoms with Crippen molar-refractivity contribution in [3.63, 3.8) is 0 Å². The maximum absolute atomic E-state index is 15.2. The van der Waals surface area contributed by atoms with Gasteiger partial charge in [-0.05, 0) is 75.0 Å². The van der Waals surface area contributed by atoms with Crippen molar-refractivity contribution < 1.29 is 32.6 Å². The minimum absolute atomic E-state index is 0.0735. The van der Waals surface area contributed by atoms with Gasteiger partial charge in [-0.15, -0.1) is 0 Å². The monoisotopic (exact) mass is 783 g/mol. The molecule has 7 nitrogen and oxygen atoms in total. The van der Waals surface area contributed by atoms with E-state index in [9.17, 15) is 23.1 Å². The summed E-state index contributed by atoms with van der Waals surface area (Å²) in [5.41, 5.74) is 0.472. The van der Waals surface area contributed by atoms with Crippen molar-refractivity contribution in [3.8, 4) is 0 Å². The minimum Gasteiger partial charge on any atom is -0.392 e. The molecule has 0 bridgehead atoms. The van der Waals surface area contributed by atoms with E-state index in [1.54, 1.807) is 48.5 Å². The smallest absolute Gasteiger partial charge is 0.392 e. The third kappa shape index (κ3) is 7.26. The van der Waals surface area contributed by atoms with Crippen molar-refractivity contribution in [1.29, 1.82) is 0 Å².